The van der Waals surface area contributed by atoms with Crippen molar-refractivity contribution in [1.82, 2.24) is 0 Å². The van der Waals surface area contributed by atoms with Crippen LogP contribution in [0.25, 0.3) is 0 Å². The number of esters is 2. The molecule has 2 aromatic carbocycles. The molecule has 2 aromatic rings. The molecule has 9 nitrogen and oxygen atoms in total. The molecule has 0 bridgehead atoms. The van der Waals surface area contributed by atoms with Gasteiger partial charge in [-0.05, 0) is 48.5 Å². The number of ether oxygens (including phenoxy) is 4. The molecule has 0 saturated heterocycles. The van der Waals surface area contributed by atoms with Crippen molar-refractivity contribution in [2.75, 3.05) is 13.2 Å². The van der Waals surface area contributed by atoms with E-state index in [1.54, 1.807) is 0 Å². The first kappa shape index (κ1) is 22.3. The normalized spacial score (nSPS) is 9.93. The number of hydrogen-bond donors (Lipinski definition) is 0. The lowest BCUT2D eigenvalue weighted by Crippen LogP contribution is -2.15. The fourth-order valence-corrected chi connectivity index (χ4v) is 2.13. The van der Waals surface area contributed by atoms with Crippen LogP contribution in [-0.2, 0) is 19.1 Å². The Kier molecular flexibility index (Phi) is 7.81. The first-order valence-electron chi connectivity index (χ1n) is 8.67. The van der Waals surface area contributed by atoms with Gasteiger partial charge in [-0.15, -0.1) is 0 Å². The topological polar surface area (TPSA) is 122 Å². The van der Waals surface area contributed by atoms with E-state index in [0.717, 1.165) is 0 Å². The maximum atomic E-state index is 11.9. The summed E-state index contributed by atoms with van der Waals surface area (Å²) in [5.74, 6) is -1.65. The smallest absolute Gasteiger partial charge is 0.457 e. The first-order chi connectivity index (χ1) is 14.2. The van der Waals surface area contributed by atoms with Crippen LogP contribution in [0.2, 0.25) is 0 Å². The summed E-state index contributed by atoms with van der Waals surface area (Å²) in [5, 5.41) is 0. The van der Waals surface area contributed by atoms with E-state index in [4.69, 9.17) is 9.47 Å². The molecule has 2 rings (SSSR count). The first-order valence-corrected chi connectivity index (χ1v) is 8.67. The number of carbonyl (C=O) groups is 5. The summed E-state index contributed by atoms with van der Waals surface area (Å²) in [5.41, 5.74) is 0.567. The number of benzene rings is 2. The predicted octanol–water partition coefficient (Wildman–Crippen LogP) is 2.76. The van der Waals surface area contributed by atoms with Crippen molar-refractivity contribution in [1.29, 1.82) is 0 Å². The standard InChI is InChI=1S/C21H18O9/c1-13(22)27-11-19(24)15-3-7-17(8-4-15)29-21(26)30-18-9-5-16(6-10-18)20(25)12-28-14(2)23/h3-10H,11-12H2,1-2H3. The van der Waals surface area contributed by atoms with Crippen LogP contribution in [0.15, 0.2) is 48.5 Å². The zero-order valence-corrected chi connectivity index (χ0v) is 16.2. The van der Waals surface area contributed by atoms with Crippen LogP contribution in [0.3, 0.4) is 0 Å². The Bertz CT molecular complexity index is 866. The molecule has 156 valence electrons. The Morgan fingerprint density at radius 2 is 0.933 bits per heavy atom. The van der Waals surface area contributed by atoms with Crippen molar-refractivity contribution in [3.8, 4) is 11.5 Å². The third kappa shape index (κ3) is 7.19. The number of rotatable bonds is 8. The molecular weight excluding hydrogens is 396 g/mol. The maximum absolute atomic E-state index is 11.9. The summed E-state index contributed by atoms with van der Waals surface area (Å²) in [6.07, 6.45) is -1.02. The molecule has 0 heterocycles. The largest absolute Gasteiger partial charge is 0.519 e. The summed E-state index contributed by atoms with van der Waals surface area (Å²) in [7, 11) is 0. The van der Waals surface area contributed by atoms with Gasteiger partial charge in [0.1, 0.15) is 11.5 Å². The summed E-state index contributed by atoms with van der Waals surface area (Å²) in [6.45, 7) is 1.64. The summed E-state index contributed by atoms with van der Waals surface area (Å²) in [6, 6.07) is 11.2. The van der Waals surface area contributed by atoms with Gasteiger partial charge in [0.25, 0.3) is 0 Å². The van der Waals surface area contributed by atoms with E-state index in [1.807, 2.05) is 0 Å². The highest BCUT2D eigenvalue weighted by Crippen LogP contribution is 2.17. The summed E-state index contributed by atoms with van der Waals surface area (Å²) >= 11 is 0. The molecule has 0 aliphatic carbocycles. The van der Waals surface area contributed by atoms with E-state index < -0.39 is 29.7 Å². The Labute approximate surface area is 171 Å². The molecule has 0 aliphatic heterocycles. The summed E-state index contributed by atoms with van der Waals surface area (Å²) in [4.78, 5) is 57.0. The Hall–Kier alpha value is -4.01. The fourth-order valence-electron chi connectivity index (χ4n) is 2.13. The van der Waals surface area contributed by atoms with E-state index >= 15 is 0 Å². The van der Waals surface area contributed by atoms with Crippen molar-refractivity contribution in [2.45, 2.75) is 13.8 Å². The Balaban J connectivity index is 1.88. The van der Waals surface area contributed by atoms with E-state index in [0.29, 0.717) is 0 Å². The van der Waals surface area contributed by atoms with Crippen molar-refractivity contribution in [2.24, 2.45) is 0 Å². The van der Waals surface area contributed by atoms with Crippen LogP contribution in [0.1, 0.15) is 34.6 Å². The molecule has 0 saturated carbocycles. The second-order valence-electron chi connectivity index (χ2n) is 5.91. The molecule has 0 N–H and O–H groups in total. The zero-order valence-electron chi connectivity index (χ0n) is 16.2. The van der Waals surface area contributed by atoms with Gasteiger partial charge in [-0.2, -0.15) is 0 Å². The van der Waals surface area contributed by atoms with Gasteiger partial charge in [0.15, 0.2) is 24.8 Å². The number of carbonyl (C=O) groups excluding carboxylic acids is 5. The van der Waals surface area contributed by atoms with Gasteiger partial charge < -0.3 is 18.9 Å². The highest BCUT2D eigenvalue weighted by Gasteiger charge is 2.12. The molecule has 0 fully saturated rings. The molecule has 0 unspecified atom stereocenters. The van der Waals surface area contributed by atoms with Crippen LogP contribution in [-0.4, -0.2) is 42.9 Å². The van der Waals surface area contributed by atoms with Crippen molar-refractivity contribution < 1.29 is 42.9 Å². The minimum Gasteiger partial charge on any atom is -0.457 e. The fraction of sp³-hybridized carbons (Fsp3) is 0.190. The van der Waals surface area contributed by atoms with E-state index in [-0.39, 0.29) is 35.8 Å². The number of hydrogen-bond acceptors (Lipinski definition) is 9. The second kappa shape index (κ2) is 10.5. The van der Waals surface area contributed by atoms with Crippen molar-refractivity contribution in [3.63, 3.8) is 0 Å². The average molecular weight is 414 g/mol. The van der Waals surface area contributed by atoms with Gasteiger partial charge in [-0.25, -0.2) is 4.79 Å². The lowest BCUT2D eigenvalue weighted by Gasteiger charge is -2.07. The minimum absolute atomic E-state index is 0.136. The van der Waals surface area contributed by atoms with Gasteiger partial charge in [0, 0.05) is 25.0 Å². The predicted molar refractivity (Wildman–Crippen MR) is 101 cm³/mol. The van der Waals surface area contributed by atoms with Gasteiger partial charge in [0.05, 0.1) is 0 Å². The third-order valence-corrected chi connectivity index (χ3v) is 3.57. The summed E-state index contributed by atoms with van der Waals surface area (Å²) < 4.78 is 19.3. The van der Waals surface area contributed by atoms with Gasteiger partial charge in [0.2, 0.25) is 0 Å². The Morgan fingerprint density at radius 1 is 0.600 bits per heavy atom. The monoisotopic (exact) mass is 414 g/mol. The second-order valence-corrected chi connectivity index (χ2v) is 5.91. The van der Waals surface area contributed by atoms with Crippen LogP contribution < -0.4 is 9.47 Å². The van der Waals surface area contributed by atoms with Gasteiger partial charge >= 0.3 is 18.1 Å². The van der Waals surface area contributed by atoms with Crippen LogP contribution >= 0.6 is 0 Å². The third-order valence-electron chi connectivity index (χ3n) is 3.57. The molecular formula is C21H18O9. The Morgan fingerprint density at radius 3 is 1.23 bits per heavy atom. The van der Waals surface area contributed by atoms with Gasteiger partial charge in [-0.1, -0.05) is 0 Å². The molecule has 30 heavy (non-hydrogen) atoms. The molecule has 0 amide bonds. The molecule has 0 atom stereocenters. The van der Waals surface area contributed by atoms with Crippen LogP contribution in [0, 0.1) is 0 Å². The lowest BCUT2D eigenvalue weighted by molar-refractivity contribution is -0.140. The van der Waals surface area contributed by atoms with Crippen molar-refractivity contribution >= 4 is 29.7 Å². The molecule has 0 radical (unpaired) electrons. The van der Waals surface area contributed by atoms with E-state index in [2.05, 4.69) is 9.47 Å². The minimum atomic E-state index is -1.02. The van der Waals surface area contributed by atoms with E-state index in [9.17, 15) is 24.0 Å². The van der Waals surface area contributed by atoms with E-state index in [1.165, 1.54) is 62.4 Å². The van der Waals surface area contributed by atoms with Crippen LogP contribution in [0.5, 0.6) is 11.5 Å². The molecule has 0 spiro atoms. The SMILES string of the molecule is CC(=O)OCC(=O)c1ccc(OC(=O)Oc2ccc(C(=O)COC(C)=O)cc2)cc1. The quantitative estimate of drug-likeness (QED) is 0.364. The number of Topliss-reactive ketones (excluding diaryl/α,β-unsaturated/α-hetero) is 2. The molecule has 9 heteroatoms. The average Bonchev–Trinajstić information content (AvgIpc) is 2.71. The zero-order chi connectivity index (χ0) is 22.1. The van der Waals surface area contributed by atoms with Crippen LogP contribution in [0.4, 0.5) is 4.79 Å². The highest BCUT2D eigenvalue weighted by atomic mass is 16.7. The molecule has 0 aromatic heterocycles. The van der Waals surface area contributed by atoms with Crippen molar-refractivity contribution in [3.05, 3.63) is 59.7 Å². The molecule has 0 aliphatic rings. The van der Waals surface area contributed by atoms with Gasteiger partial charge in [-0.3, -0.25) is 19.2 Å². The lowest BCUT2D eigenvalue weighted by atomic mass is 10.1. The highest BCUT2D eigenvalue weighted by molar-refractivity contribution is 5.98. The maximum Gasteiger partial charge on any atom is 0.519 e. The number of ketones is 2.